The van der Waals surface area contributed by atoms with E-state index in [4.69, 9.17) is 5.73 Å². The molecule has 0 amide bonds. The van der Waals surface area contributed by atoms with Crippen molar-refractivity contribution in [2.45, 2.75) is 20.3 Å². The Morgan fingerprint density at radius 1 is 1.38 bits per heavy atom. The zero-order valence-corrected chi connectivity index (χ0v) is 9.66. The Bertz CT molecular complexity index is 540. The topological polar surface area (TPSA) is 48.0 Å². The Morgan fingerprint density at radius 3 is 2.69 bits per heavy atom. The van der Waals surface area contributed by atoms with Gasteiger partial charge in [0.15, 0.2) is 0 Å². The van der Waals surface area contributed by atoms with Crippen molar-refractivity contribution in [1.82, 2.24) is 4.57 Å². The van der Waals surface area contributed by atoms with E-state index in [2.05, 4.69) is 0 Å². The summed E-state index contributed by atoms with van der Waals surface area (Å²) in [5.74, 6) is 0.0528. The molecule has 0 atom stereocenters. The van der Waals surface area contributed by atoms with Crippen molar-refractivity contribution in [3.8, 4) is 0 Å². The molecule has 0 spiro atoms. The van der Waals surface area contributed by atoms with Crippen molar-refractivity contribution >= 4 is 16.8 Å². The second-order valence-corrected chi connectivity index (χ2v) is 3.97. The molecule has 0 aliphatic heterocycles. The van der Waals surface area contributed by atoms with E-state index < -0.39 is 0 Å². The van der Waals surface area contributed by atoms with Crippen LogP contribution >= 0.6 is 0 Å². The second-order valence-electron chi connectivity index (χ2n) is 3.97. The SMILES string of the molecule is CC(=O)n1c(C)c(CCN)c2ccccc21. The summed E-state index contributed by atoms with van der Waals surface area (Å²) < 4.78 is 1.76. The molecule has 2 rings (SSSR count). The minimum atomic E-state index is 0.0528. The first kappa shape index (κ1) is 10.9. The van der Waals surface area contributed by atoms with Gasteiger partial charge in [-0.05, 0) is 31.5 Å². The van der Waals surface area contributed by atoms with Gasteiger partial charge in [-0.3, -0.25) is 9.36 Å². The standard InChI is InChI=1S/C13H16N2O/c1-9-11(7-8-14)12-5-3-4-6-13(12)15(9)10(2)16/h3-6H,7-8,14H2,1-2H3. The van der Waals surface area contributed by atoms with E-state index in [1.165, 1.54) is 5.56 Å². The molecule has 0 bridgehead atoms. The second kappa shape index (κ2) is 4.10. The van der Waals surface area contributed by atoms with Crippen LogP contribution in [0.4, 0.5) is 0 Å². The lowest BCUT2D eigenvalue weighted by Crippen LogP contribution is -2.09. The fraction of sp³-hybridized carbons (Fsp3) is 0.308. The molecule has 0 radical (unpaired) electrons. The number of carbonyl (C=O) groups excluding carboxylic acids is 1. The van der Waals surface area contributed by atoms with Gasteiger partial charge in [0.2, 0.25) is 5.91 Å². The van der Waals surface area contributed by atoms with E-state index >= 15 is 0 Å². The maximum atomic E-state index is 11.6. The van der Waals surface area contributed by atoms with E-state index in [1.807, 2.05) is 31.2 Å². The third-order valence-corrected chi connectivity index (χ3v) is 2.95. The van der Waals surface area contributed by atoms with Crippen LogP contribution < -0.4 is 5.73 Å². The normalized spacial score (nSPS) is 10.9. The molecule has 1 heterocycles. The first-order valence-corrected chi connectivity index (χ1v) is 5.46. The van der Waals surface area contributed by atoms with E-state index in [9.17, 15) is 4.79 Å². The number of rotatable bonds is 2. The minimum absolute atomic E-state index is 0.0528. The summed E-state index contributed by atoms with van der Waals surface area (Å²) in [6.07, 6.45) is 0.812. The van der Waals surface area contributed by atoms with Gasteiger partial charge in [0.05, 0.1) is 5.52 Å². The summed E-state index contributed by atoms with van der Waals surface area (Å²) in [5.41, 5.74) is 8.80. The number of hydrogen-bond acceptors (Lipinski definition) is 2. The summed E-state index contributed by atoms with van der Waals surface area (Å²) in [5, 5.41) is 1.14. The number of hydrogen-bond donors (Lipinski definition) is 1. The Hall–Kier alpha value is -1.61. The molecule has 0 saturated heterocycles. The number of fused-ring (bicyclic) bond motifs is 1. The van der Waals surface area contributed by atoms with Crippen LogP contribution in [0, 0.1) is 6.92 Å². The van der Waals surface area contributed by atoms with Crippen molar-refractivity contribution in [2.24, 2.45) is 5.73 Å². The first-order valence-electron chi connectivity index (χ1n) is 5.46. The Balaban J connectivity index is 2.80. The van der Waals surface area contributed by atoms with Crippen molar-refractivity contribution in [3.05, 3.63) is 35.5 Å². The molecular formula is C13H16N2O. The summed E-state index contributed by atoms with van der Waals surface area (Å²) in [6, 6.07) is 7.97. The molecule has 0 saturated carbocycles. The molecule has 1 aromatic carbocycles. The van der Waals surface area contributed by atoms with Crippen LogP contribution in [0.5, 0.6) is 0 Å². The lowest BCUT2D eigenvalue weighted by Gasteiger charge is -2.02. The molecule has 0 aliphatic carbocycles. The number of para-hydroxylation sites is 1. The Morgan fingerprint density at radius 2 is 2.06 bits per heavy atom. The van der Waals surface area contributed by atoms with Crippen molar-refractivity contribution in [1.29, 1.82) is 0 Å². The smallest absolute Gasteiger partial charge is 0.228 e. The number of nitrogens with two attached hydrogens (primary N) is 1. The molecule has 1 aromatic heterocycles. The number of carbonyl (C=O) groups is 1. The van der Waals surface area contributed by atoms with Crippen LogP contribution in [-0.4, -0.2) is 17.0 Å². The molecule has 16 heavy (non-hydrogen) atoms. The van der Waals surface area contributed by atoms with Gasteiger partial charge < -0.3 is 5.73 Å². The van der Waals surface area contributed by atoms with Crippen LogP contribution in [0.15, 0.2) is 24.3 Å². The Kier molecular flexibility index (Phi) is 2.79. The third-order valence-electron chi connectivity index (χ3n) is 2.95. The van der Waals surface area contributed by atoms with E-state index in [0.29, 0.717) is 6.54 Å². The van der Waals surface area contributed by atoms with Crippen LogP contribution in [0.2, 0.25) is 0 Å². The largest absolute Gasteiger partial charge is 0.330 e. The highest BCUT2D eigenvalue weighted by atomic mass is 16.1. The predicted molar refractivity (Wildman–Crippen MR) is 65.7 cm³/mol. The average Bonchev–Trinajstić information content (AvgIpc) is 2.53. The van der Waals surface area contributed by atoms with Gasteiger partial charge >= 0.3 is 0 Å². The highest BCUT2D eigenvalue weighted by Crippen LogP contribution is 2.25. The van der Waals surface area contributed by atoms with E-state index in [1.54, 1.807) is 11.5 Å². The zero-order valence-electron chi connectivity index (χ0n) is 9.66. The van der Waals surface area contributed by atoms with Crippen LogP contribution in [0.3, 0.4) is 0 Å². The predicted octanol–water partition coefficient (Wildman–Crippen LogP) is 2.11. The first-order chi connectivity index (χ1) is 7.66. The molecule has 0 fully saturated rings. The molecule has 3 heteroatoms. The van der Waals surface area contributed by atoms with Gasteiger partial charge in [0.25, 0.3) is 0 Å². The fourth-order valence-corrected chi connectivity index (χ4v) is 2.30. The summed E-state index contributed by atoms with van der Waals surface area (Å²) >= 11 is 0. The van der Waals surface area contributed by atoms with Crippen LogP contribution in [-0.2, 0) is 6.42 Å². The summed E-state index contributed by atoms with van der Waals surface area (Å²) in [6.45, 7) is 4.17. The summed E-state index contributed by atoms with van der Waals surface area (Å²) in [7, 11) is 0. The zero-order chi connectivity index (χ0) is 11.7. The number of nitrogens with zero attached hydrogens (tertiary/aromatic N) is 1. The van der Waals surface area contributed by atoms with Gasteiger partial charge in [0, 0.05) is 18.0 Å². The van der Waals surface area contributed by atoms with E-state index in [0.717, 1.165) is 23.0 Å². The maximum absolute atomic E-state index is 11.6. The highest BCUT2D eigenvalue weighted by molar-refractivity contribution is 5.95. The van der Waals surface area contributed by atoms with E-state index in [-0.39, 0.29) is 5.91 Å². The molecular weight excluding hydrogens is 200 g/mol. The van der Waals surface area contributed by atoms with Crippen molar-refractivity contribution in [2.75, 3.05) is 6.54 Å². The molecule has 84 valence electrons. The minimum Gasteiger partial charge on any atom is -0.330 e. The van der Waals surface area contributed by atoms with Gasteiger partial charge in [0.1, 0.15) is 0 Å². The molecule has 0 aliphatic rings. The van der Waals surface area contributed by atoms with Crippen molar-refractivity contribution < 1.29 is 4.79 Å². The quantitative estimate of drug-likeness (QED) is 0.835. The fourth-order valence-electron chi connectivity index (χ4n) is 2.30. The number of aromatic nitrogens is 1. The van der Waals surface area contributed by atoms with Gasteiger partial charge in [-0.25, -0.2) is 0 Å². The highest BCUT2D eigenvalue weighted by Gasteiger charge is 2.14. The van der Waals surface area contributed by atoms with Crippen molar-refractivity contribution in [3.63, 3.8) is 0 Å². The summed E-state index contributed by atoms with van der Waals surface area (Å²) in [4.78, 5) is 11.6. The van der Waals surface area contributed by atoms with Gasteiger partial charge in [-0.1, -0.05) is 18.2 Å². The maximum Gasteiger partial charge on any atom is 0.228 e. The monoisotopic (exact) mass is 216 g/mol. The number of benzene rings is 1. The van der Waals surface area contributed by atoms with Gasteiger partial charge in [-0.15, -0.1) is 0 Å². The van der Waals surface area contributed by atoms with Crippen LogP contribution in [0.25, 0.3) is 10.9 Å². The lowest BCUT2D eigenvalue weighted by molar-refractivity contribution is 0.0939. The Labute approximate surface area is 94.9 Å². The molecule has 2 aromatic rings. The molecule has 0 unspecified atom stereocenters. The van der Waals surface area contributed by atoms with Gasteiger partial charge in [-0.2, -0.15) is 0 Å². The average molecular weight is 216 g/mol. The lowest BCUT2D eigenvalue weighted by atomic mass is 10.1. The molecule has 2 N–H and O–H groups in total. The molecule has 3 nitrogen and oxygen atoms in total. The van der Waals surface area contributed by atoms with Crippen LogP contribution in [0.1, 0.15) is 23.0 Å². The third kappa shape index (κ3) is 1.53.